The Hall–Kier alpha value is -0.660. The molecule has 2 atom stereocenters. The largest absolute Gasteiger partial charge is 0.379 e. The maximum Gasteiger partial charge on any atom is 0.237 e. The van der Waals surface area contributed by atoms with Crippen molar-refractivity contribution in [2.45, 2.75) is 38.5 Å². The molecule has 7 heteroatoms. The van der Waals surface area contributed by atoms with Crippen molar-refractivity contribution in [1.29, 1.82) is 0 Å². The third-order valence-electron chi connectivity index (χ3n) is 4.84. The van der Waals surface area contributed by atoms with Gasteiger partial charge in [0.05, 0.1) is 18.5 Å². The molecule has 0 aromatic heterocycles. The maximum absolute atomic E-state index is 12.4. The molecule has 2 rings (SSSR count). The van der Waals surface area contributed by atoms with E-state index in [1.54, 1.807) is 18.7 Å². The Morgan fingerprint density at radius 1 is 1.23 bits per heavy atom. The molecule has 6 nitrogen and oxygen atoms in total. The first-order chi connectivity index (χ1) is 10.3. The molecule has 0 saturated carbocycles. The molecule has 2 fully saturated rings. The Morgan fingerprint density at radius 3 is 2.41 bits per heavy atom. The van der Waals surface area contributed by atoms with Gasteiger partial charge in [-0.2, -0.15) is 0 Å². The van der Waals surface area contributed by atoms with Gasteiger partial charge in [-0.25, -0.2) is 8.42 Å². The lowest BCUT2D eigenvalue weighted by molar-refractivity contribution is -0.127. The summed E-state index contributed by atoms with van der Waals surface area (Å²) in [5.41, 5.74) is 0. The van der Waals surface area contributed by atoms with Crippen LogP contribution in [-0.2, 0) is 19.4 Å². The molecule has 0 spiro atoms. The maximum atomic E-state index is 12.4. The zero-order valence-corrected chi connectivity index (χ0v) is 14.6. The number of carbonyl (C=O) groups is 1. The van der Waals surface area contributed by atoms with Crippen molar-refractivity contribution in [3.05, 3.63) is 0 Å². The highest BCUT2D eigenvalue weighted by atomic mass is 32.2. The second-order valence-corrected chi connectivity index (χ2v) is 9.10. The van der Waals surface area contributed by atoms with Gasteiger partial charge in [-0.3, -0.25) is 9.69 Å². The highest BCUT2D eigenvalue weighted by molar-refractivity contribution is 7.92. The van der Waals surface area contributed by atoms with Crippen molar-refractivity contribution in [2.24, 2.45) is 5.92 Å². The third kappa shape index (κ3) is 4.00. The van der Waals surface area contributed by atoms with Gasteiger partial charge in [-0.05, 0) is 19.8 Å². The van der Waals surface area contributed by atoms with Gasteiger partial charge in [0.2, 0.25) is 5.91 Å². The summed E-state index contributed by atoms with van der Waals surface area (Å²) in [6, 6.07) is 0.333. The summed E-state index contributed by atoms with van der Waals surface area (Å²) in [7, 11) is -3.33. The molecular formula is C15H28N2O4S. The predicted octanol–water partition coefficient (Wildman–Crippen LogP) is 0.379. The van der Waals surface area contributed by atoms with Crippen LogP contribution in [0.25, 0.3) is 0 Å². The Bertz CT molecular complexity index is 486. The van der Waals surface area contributed by atoms with Crippen molar-refractivity contribution in [1.82, 2.24) is 9.80 Å². The van der Waals surface area contributed by atoms with Crippen molar-refractivity contribution in [2.75, 3.05) is 45.1 Å². The Kier molecular flexibility index (Phi) is 5.85. The Balaban J connectivity index is 2.00. The number of ether oxygens (including phenoxy) is 1. The molecule has 0 aliphatic carbocycles. The van der Waals surface area contributed by atoms with E-state index in [-0.39, 0.29) is 11.7 Å². The van der Waals surface area contributed by atoms with Crippen LogP contribution in [0.2, 0.25) is 0 Å². The van der Waals surface area contributed by atoms with E-state index in [4.69, 9.17) is 4.74 Å². The fraction of sp³-hybridized carbons (Fsp3) is 0.933. The number of rotatable bonds is 5. The summed E-state index contributed by atoms with van der Waals surface area (Å²) in [5, 5.41) is -0.504. The zero-order chi connectivity index (χ0) is 16.3. The van der Waals surface area contributed by atoms with Crippen LogP contribution in [0.3, 0.4) is 0 Å². The van der Waals surface area contributed by atoms with Gasteiger partial charge in [0.15, 0.2) is 9.84 Å². The minimum atomic E-state index is -3.33. The normalized spacial score (nSPS) is 27.5. The molecule has 2 aliphatic heterocycles. The minimum Gasteiger partial charge on any atom is -0.379 e. The summed E-state index contributed by atoms with van der Waals surface area (Å²) in [5.74, 6) is -0.191. The second kappa shape index (κ2) is 7.27. The highest BCUT2D eigenvalue weighted by Gasteiger charge is 2.39. The Morgan fingerprint density at radius 2 is 1.86 bits per heavy atom. The summed E-state index contributed by atoms with van der Waals surface area (Å²) in [4.78, 5) is 16.5. The van der Waals surface area contributed by atoms with E-state index < -0.39 is 15.1 Å². The van der Waals surface area contributed by atoms with Crippen LogP contribution in [0.15, 0.2) is 0 Å². The Labute approximate surface area is 133 Å². The van der Waals surface area contributed by atoms with Gasteiger partial charge < -0.3 is 9.64 Å². The van der Waals surface area contributed by atoms with Gasteiger partial charge >= 0.3 is 0 Å². The summed E-state index contributed by atoms with van der Waals surface area (Å²) < 4.78 is 29.3. The average Bonchev–Trinajstić information content (AvgIpc) is 2.92. The zero-order valence-electron chi connectivity index (χ0n) is 13.8. The second-order valence-electron chi connectivity index (χ2n) is 6.54. The van der Waals surface area contributed by atoms with Gasteiger partial charge in [-0.1, -0.05) is 13.3 Å². The molecule has 0 aromatic rings. The number of sulfone groups is 1. The van der Waals surface area contributed by atoms with Crippen molar-refractivity contribution in [3.63, 3.8) is 0 Å². The van der Waals surface area contributed by atoms with Crippen LogP contribution in [0, 0.1) is 5.92 Å². The smallest absolute Gasteiger partial charge is 0.237 e. The van der Waals surface area contributed by atoms with Crippen LogP contribution in [0.5, 0.6) is 0 Å². The van der Waals surface area contributed by atoms with Gasteiger partial charge in [-0.15, -0.1) is 0 Å². The fourth-order valence-electron chi connectivity index (χ4n) is 3.21. The van der Waals surface area contributed by atoms with Gasteiger partial charge in [0.25, 0.3) is 0 Å². The van der Waals surface area contributed by atoms with E-state index in [1.807, 2.05) is 0 Å². The lowest BCUT2D eigenvalue weighted by atomic mass is 9.99. The molecule has 2 aliphatic rings. The summed E-state index contributed by atoms with van der Waals surface area (Å²) >= 11 is 0. The molecule has 128 valence electrons. The minimum absolute atomic E-state index is 0.247. The molecule has 0 N–H and O–H groups in total. The summed E-state index contributed by atoms with van der Waals surface area (Å²) in [6.07, 6.45) is 1.00. The van der Waals surface area contributed by atoms with Crippen LogP contribution >= 0.6 is 0 Å². The van der Waals surface area contributed by atoms with Gasteiger partial charge in [0, 0.05) is 32.2 Å². The standard InChI is InChI=1S/C15H28N2O4S/c1-4-13-9-17(15(18)11-22(19,20)12(2)3)10-14(13)16-5-7-21-8-6-16/h12-14H,4-11H2,1-3H3/t13-,14+/m1/s1. The SMILES string of the molecule is CC[C@@H]1CN(C(=O)CS(=O)(=O)C(C)C)C[C@@H]1N1CCOCC1. The first-order valence-corrected chi connectivity index (χ1v) is 9.87. The number of hydrogen-bond acceptors (Lipinski definition) is 5. The number of nitrogens with zero attached hydrogens (tertiary/aromatic N) is 2. The quantitative estimate of drug-likeness (QED) is 0.728. The molecule has 1 amide bonds. The van der Waals surface area contributed by atoms with E-state index in [0.717, 1.165) is 32.7 Å². The molecule has 0 radical (unpaired) electrons. The summed E-state index contributed by atoms with van der Waals surface area (Å²) in [6.45, 7) is 9.97. The predicted molar refractivity (Wildman–Crippen MR) is 85.5 cm³/mol. The molecule has 0 unspecified atom stereocenters. The monoisotopic (exact) mass is 332 g/mol. The molecular weight excluding hydrogens is 304 g/mol. The highest BCUT2D eigenvalue weighted by Crippen LogP contribution is 2.26. The number of carbonyl (C=O) groups excluding carboxylic acids is 1. The molecule has 0 bridgehead atoms. The van der Waals surface area contributed by atoms with Crippen molar-refractivity contribution < 1.29 is 17.9 Å². The number of amides is 1. The lowest BCUT2D eigenvalue weighted by Crippen LogP contribution is -2.47. The number of likely N-dealkylation sites (tertiary alicyclic amines) is 1. The fourth-order valence-corrected chi connectivity index (χ4v) is 4.07. The van der Waals surface area contributed by atoms with E-state index >= 15 is 0 Å². The van der Waals surface area contributed by atoms with E-state index in [9.17, 15) is 13.2 Å². The van der Waals surface area contributed by atoms with Crippen molar-refractivity contribution in [3.8, 4) is 0 Å². The van der Waals surface area contributed by atoms with E-state index in [1.165, 1.54) is 0 Å². The average molecular weight is 332 g/mol. The van der Waals surface area contributed by atoms with Crippen LogP contribution in [0.1, 0.15) is 27.2 Å². The van der Waals surface area contributed by atoms with Crippen LogP contribution in [0.4, 0.5) is 0 Å². The first-order valence-electron chi connectivity index (χ1n) is 8.16. The third-order valence-corrected chi connectivity index (χ3v) is 6.93. The van der Waals surface area contributed by atoms with Crippen LogP contribution < -0.4 is 0 Å². The van der Waals surface area contributed by atoms with Crippen LogP contribution in [-0.4, -0.2) is 80.6 Å². The first kappa shape index (κ1) is 17.7. The molecule has 22 heavy (non-hydrogen) atoms. The molecule has 0 aromatic carbocycles. The molecule has 2 saturated heterocycles. The van der Waals surface area contributed by atoms with E-state index in [0.29, 0.717) is 25.0 Å². The number of hydrogen-bond donors (Lipinski definition) is 0. The number of morpholine rings is 1. The topological polar surface area (TPSA) is 66.9 Å². The van der Waals surface area contributed by atoms with Gasteiger partial charge in [0.1, 0.15) is 5.75 Å². The van der Waals surface area contributed by atoms with E-state index in [2.05, 4.69) is 11.8 Å². The lowest BCUT2D eigenvalue weighted by Gasteiger charge is -2.34. The molecule has 2 heterocycles. The van der Waals surface area contributed by atoms with Crippen molar-refractivity contribution >= 4 is 15.7 Å².